The Bertz CT molecular complexity index is 617. The number of nitrogens with zero attached hydrogens (tertiary/aromatic N) is 2. The predicted octanol–water partition coefficient (Wildman–Crippen LogP) is 1.91. The summed E-state index contributed by atoms with van der Waals surface area (Å²) in [6.45, 7) is 0. The van der Waals surface area contributed by atoms with Crippen LogP contribution in [0.3, 0.4) is 0 Å². The molecule has 0 fully saturated rings. The molecule has 0 unspecified atom stereocenters. The van der Waals surface area contributed by atoms with Gasteiger partial charge in [-0.3, -0.25) is 0 Å². The minimum absolute atomic E-state index is 0.0843. The van der Waals surface area contributed by atoms with Gasteiger partial charge in [-0.2, -0.15) is 0 Å². The van der Waals surface area contributed by atoms with Crippen LogP contribution in [0, 0.1) is 5.82 Å². The Kier molecular flexibility index (Phi) is 3.70. The molecule has 1 aromatic heterocycles. The van der Waals surface area contributed by atoms with Gasteiger partial charge in [0.05, 0.1) is 7.11 Å². The van der Waals surface area contributed by atoms with Crippen LogP contribution in [0.2, 0.25) is 0 Å². The van der Waals surface area contributed by atoms with Gasteiger partial charge in [-0.1, -0.05) is 6.07 Å². The first kappa shape index (κ1) is 12.9. The van der Waals surface area contributed by atoms with Crippen molar-refractivity contribution in [2.45, 2.75) is 6.42 Å². The zero-order valence-electron chi connectivity index (χ0n) is 10.1. The molecule has 2 rings (SSSR count). The van der Waals surface area contributed by atoms with E-state index < -0.39 is 11.8 Å². The molecule has 1 aromatic carbocycles. The summed E-state index contributed by atoms with van der Waals surface area (Å²) in [5.41, 5.74) is 0.555. The van der Waals surface area contributed by atoms with Crippen molar-refractivity contribution in [3.63, 3.8) is 0 Å². The predicted molar refractivity (Wildman–Crippen MR) is 64.7 cm³/mol. The molecule has 0 saturated carbocycles. The number of ether oxygens (including phenoxy) is 1. The van der Waals surface area contributed by atoms with Crippen molar-refractivity contribution in [3.8, 4) is 5.75 Å². The van der Waals surface area contributed by atoms with E-state index in [1.807, 2.05) is 0 Å². The van der Waals surface area contributed by atoms with Gasteiger partial charge >= 0.3 is 5.97 Å². The summed E-state index contributed by atoms with van der Waals surface area (Å²) >= 11 is 0. The van der Waals surface area contributed by atoms with Crippen LogP contribution in [0.4, 0.5) is 4.39 Å². The van der Waals surface area contributed by atoms with E-state index in [1.54, 1.807) is 6.07 Å². The standard InChI is InChI=1S/C13H11FN2O3/c1-19-11-3-2-8(6-9(11)14)7-12-15-5-4-10(16-12)13(17)18/h2-6H,7H2,1H3,(H,17,18). The Labute approximate surface area is 108 Å². The van der Waals surface area contributed by atoms with Gasteiger partial charge in [0.2, 0.25) is 0 Å². The van der Waals surface area contributed by atoms with Crippen LogP contribution in [0.15, 0.2) is 30.5 Å². The number of methoxy groups -OCH3 is 1. The van der Waals surface area contributed by atoms with E-state index in [2.05, 4.69) is 9.97 Å². The first-order chi connectivity index (χ1) is 9.10. The summed E-state index contributed by atoms with van der Waals surface area (Å²) in [6, 6.07) is 5.81. The largest absolute Gasteiger partial charge is 0.494 e. The SMILES string of the molecule is COc1ccc(Cc2nccc(C(=O)O)n2)cc1F. The molecule has 0 aliphatic rings. The van der Waals surface area contributed by atoms with Gasteiger partial charge in [-0.25, -0.2) is 19.2 Å². The van der Waals surface area contributed by atoms with Gasteiger partial charge in [0, 0.05) is 12.6 Å². The second-order valence-corrected chi connectivity index (χ2v) is 3.81. The summed E-state index contributed by atoms with van der Waals surface area (Å²) in [7, 11) is 1.39. The third-order valence-electron chi connectivity index (χ3n) is 2.50. The quantitative estimate of drug-likeness (QED) is 0.911. The number of carboxylic acids is 1. The van der Waals surface area contributed by atoms with E-state index in [4.69, 9.17) is 9.84 Å². The molecule has 98 valence electrons. The van der Waals surface area contributed by atoms with Crippen LogP contribution in [0.5, 0.6) is 5.75 Å². The molecule has 0 spiro atoms. The van der Waals surface area contributed by atoms with Crippen LogP contribution in [-0.4, -0.2) is 28.2 Å². The smallest absolute Gasteiger partial charge is 0.354 e. The van der Waals surface area contributed by atoms with Crippen LogP contribution in [0.1, 0.15) is 21.9 Å². The Hall–Kier alpha value is -2.50. The van der Waals surface area contributed by atoms with Crippen molar-refractivity contribution in [1.29, 1.82) is 0 Å². The molecular formula is C13H11FN2O3. The van der Waals surface area contributed by atoms with Gasteiger partial charge in [0.25, 0.3) is 0 Å². The summed E-state index contributed by atoms with van der Waals surface area (Å²) in [6.07, 6.45) is 1.62. The maximum atomic E-state index is 13.5. The highest BCUT2D eigenvalue weighted by Gasteiger charge is 2.08. The fraction of sp³-hybridized carbons (Fsp3) is 0.154. The summed E-state index contributed by atoms with van der Waals surface area (Å²) in [4.78, 5) is 18.6. The number of hydrogen-bond donors (Lipinski definition) is 1. The van der Waals surface area contributed by atoms with E-state index in [0.29, 0.717) is 11.4 Å². The van der Waals surface area contributed by atoms with Gasteiger partial charge in [-0.05, 0) is 23.8 Å². The number of carboxylic acid groups (broad SMARTS) is 1. The Morgan fingerprint density at radius 2 is 2.21 bits per heavy atom. The van der Waals surface area contributed by atoms with Gasteiger partial charge in [0.15, 0.2) is 17.3 Å². The number of aromatic carboxylic acids is 1. The topological polar surface area (TPSA) is 72.3 Å². The van der Waals surface area contributed by atoms with Crippen LogP contribution < -0.4 is 4.74 Å². The number of halogens is 1. The van der Waals surface area contributed by atoms with E-state index in [1.165, 1.54) is 31.5 Å². The number of hydrogen-bond acceptors (Lipinski definition) is 4. The molecule has 6 heteroatoms. The Morgan fingerprint density at radius 3 is 2.84 bits per heavy atom. The molecule has 0 aliphatic carbocycles. The fourth-order valence-electron chi connectivity index (χ4n) is 1.61. The van der Waals surface area contributed by atoms with Crippen molar-refractivity contribution in [1.82, 2.24) is 9.97 Å². The Morgan fingerprint density at radius 1 is 1.42 bits per heavy atom. The maximum absolute atomic E-state index is 13.5. The van der Waals surface area contributed by atoms with Crippen molar-refractivity contribution in [2.24, 2.45) is 0 Å². The fourth-order valence-corrected chi connectivity index (χ4v) is 1.61. The second kappa shape index (κ2) is 5.43. The molecule has 2 aromatic rings. The molecule has 5 nitrogen and oxygen atoms in total. The molecule has 0 aliphatic heterocycles. The third-order valence-corrected chi connectivity index (χ3v) is 2.50. The lowest BCUT2D eigenvalue weighted by atomic mass is 10.1. The average Bonchev–Trinajstić information content (AvgIpc) is 2.39. The highest BCUT2D eigenvalue weighted by Crippen LogP contribution is 2.18. The molecule has 0 atom stereocenters. The van der Waals surface area contributed by atoms with Crippen molar-refractivity contribution in [3.05, 3.63) is 53.4 Å². The summed E-state index contributed by atoms with van der Waals surface area (Å²) in [5, 5.41) is 8.82. The van der Waals surface area contributed by atoms with E-state index in [9.17, 15) is 9.18 Å². The average molecular weight is 262 g/mol. The van der Waals surface area contributed by atoms with Crippen molar-refractivity contribution < 1.29 is 19.0 Å². The molecule has 19 heavy (non-hydrogen) atoms. The van der Waals surface area contributed by atoms with Crippen molar-refractivity contribution >= 4 is 5.97 Å². The number of aromatic nitrogens is 2. The summed E-state index contributed by atoms with van der Waals surface area (Å²) in [5.74, 6) is -1.12. The highest BCUT2D eigenvalue weighted by atomic mass is 19.1. The normalized spacial score (nSPS) is 10.2. The van der Waals surface area contributed by atoms with E-state index >= 15 is 0 Å². The minimum atomic E-state index is -1.12. The Balaban J connectivity index is 2.23. The first-order valence-corrected chi connectivity index (χ1v) is 5.48. The van der Waals surface area contributed by atoms with Crippen LogP contribution >= 0.6 is 0 Å². The second-order valence-electron chi connectivity index (χ2n) is 3.81. The molecule has 1 N–H and O–H groups in total. The zero-order chi connectivity index (χ0) is 13.8. The summed E-state index contributed by atoms with van der Waals surface area (Å²) < 4.78 is 18.3. The molecule has 0 amide bonds. The maximum Gasteiger partial charge on any atom is 0.354 e. The molecule has 0 saturated heterocycles. The highest BCUT2D eigenvalue weighted by molar-refractivity contribution is 5.85. The third kappa shape index (κ3) is 3.04. The first-order valence-electron chi connectivity index (χ1n) is 5.48. The molecular weight excluding hydrogens is 251 g/mol. The molecule has 1 heterocycles. The molecule has 0 radical (unpaired) electrons. The van der Waals surface area contributed by atoms with Crippen LogP contribution in [-0.2, 0) is 6.42 Å². The van der Waals surface area contributed by atoms with E-state index in [0.717, 1.165) is 0 Å². The van der Waals surface area contributed by atoms with Gasteiger partial charge < -0.3 is 9.84 Å². The number of benzene rings is 1. The van der Waals surface area contributed by atoms with Crippen LogP contribution in [0.25, 0.3) is 0 Å². The van der Waals surface area contributed by atoms with Gasteiger partial charge in [-0.15, -0.1) is 0 Å². The van der Waals surface area contributed by atoms with Crippen molar-refractivity contribution in [2.75, 3.05) is 7.11 Å². The lowest BCUT2D eigenvalue weighted by Crippen LogP contribution is -2.05. The zero-order valence-corrected chi connectivity index (χ0v) is 10.1. The van der Waals surface area contributed by atoms with E-state index in [-0.39, 0.29) is 17.9 Å². The molecule has 0 bridgehead atoms. The minimum Gasteiger partial charge on any atom is -0.494 e. The lowest BCUT2D eigenvalue weighted by molar-refractivity contribution is 0.0690. The number of carbonyl (C=O) groups is 1. The van der Waals surface area contributed by atoms with Gasteiger partial charge in [0.1, 0.15) is 5.82 Å². The number of rotatable bonds is 4. The monoisotopic (exact) mass is 262 g/mol. The lowest BCUT2D eigenvalue weighted by Gasteiger charge is -2.05.